The monoisotopic (exact) mass is 376 g/mol. The second-order valence-electron chi connectivity index (χ2n) is 4.06. The van der Waals surface area contributed by atoms with Crippen molar-refractivity contribution in [3.63, 3.8) is 0 Å². The zero-order chi connectivity index (χ0) is 13.2. The molecule has 0 aliphatic carbocycles. The standard InChI is InChI=1S/C14H24N4.HI/c1-3-18(4-2)14(15)17-12-8-11-16-13-9-6-5-7-10-13;/h5-7,9-10,16H,3-4,8,11-12H2,1-2H3,(H2,15,17);1H. The van der Waals surface area contributed by atoms with Crippen molar-refractivity contribution in [3.8, 4) is 0 Å². The van der Waals surface area contributed by atoms with E-state index in [4.69, 9.17) is 5.73 Å². The van der Waals surface area contributed by atoms with Crippen LogP contribution in [-0.4, -0.2) is 37.0 Å². The number of guanidine groups is 1. The number of nitrogens with one attached hydrogen (secondary N) is 1. The molecule has 0 saturated heterocycles. The maximum atomic E-state index is 5.89. The van der Waals surface area contributed by atoms with Crippen molar-refractivity contribution in [2.75, 3.05) is 31.5 Å². The van der Waals surface area contributed by atoms with E-state index in [0.29, 0.717) is 5.96 Å². The Hall–Kier alpha value is -0.980. The Morgan fingerprint density at radius 1 is 1.21 bits per heavy atom. The van der Waals surface area contributed by atoms with Crippen molar-refractivity contribution in [1.82, 2.24) is 4.90 Å². The summed E-state index contributed by atoms with van der Waals surface area (Å²) in [5, 5.41) is 3.35. The number of rotatable bonds is 7. The Morgan fingerprint density at radius 2 is 1.84 bits per heavy atom. The van der Waals surface area contributed by atoms with Gasteiger partial charge >= 0.3 is 0 Å². The number of nitrogens with two attached hydrogens (primary N) is 1. The molecule has 1 aromatic rings. The molecule has 0 unspecified atom stereocenters. The summed E-state index contributed by atoms with van der Waals surface area (Å²) in [6, 6.07) is 10.2. The average Bonchev–Trinajstić information content (AvgIpc) is 2.41. The number of benzene rings is 1. The van der Waals surface area contributed by atoms with Crippen LogP contribution in [0.15, 0.2) is 35.3 Å². The second-order valence-corrected chi connectivity index (χ2v) is 4.06. The van der Waals surface area contributed by atoms with Gasteiger partial charge in [0.25, 0.3) is 0 Å². The average molecular weight is 376 g/mol. The molecule has 0 aliphatic heterocycles. The molecule has 0 bridgehead atoms. The van der Waals surface area contributed by atoms with Gasteiger partial charge in [-0.2, -0.15) is 0 Å². The van der Waals surface area contributed by atoms with Crippen LogP contribution < -0.4 is 11.1 Å². The molecular formula is C14H25IN4. The highest BCUT2D eigenvalue weighted by Gasteiger charge is 2.00. The van der Waals surface area contributed by atoms with Crippen molar-refractivity contribution in [3.05, 3.63) is 30.3 Å². The molecule has 0 heterocycles. The van der Waals surface area contributed by atoms with Gasteiger partial charge in [-0.3, -0.25) is 4.99 Å². The molecule has 0 atom stereocenters. The van der Waals surface area contributed by atoms with Gasteiger partial charge in [0.1, 0.15) is 0 Å². The normalized spacial score (nSPS) is 10.7. The first-order chi connectivity index (χ1) is 8.77. The van der Waals surface area contributed by atoms with Crippen LogP contribution in [0, 0.1) is 0 Å². The highest BCUT2D eigenvalue weighted by Crippen LogP contribution is 2.04. The summed E-state index contributed by atoms with van der Waals surface area (Å²) >= 11 is 0. The summed E-state index contributed by atoms with van der Waals surface area (Å²) in [6.45, 7) is 7.68. The third kappa shape index (κ3) is 7.25. The first kappa shape index (κ1) is 18.0. The van der Waals surface area contributed by atoms with E-state index in [9.17, 15) is 0 Å². The van der Waals surface area contributed by atoms with Crippen molar-refractivity contribution in [2.24, 2.45) is 10.7 Å². The maximum Gasteiger partial charge on any atom is 0.191 e. The maximum absolute atomic E-state index is 5.89. The summed E-state index contributed by atoms with van der Waals surface area (Å²) in [5.74, 6) is 0.653. The van der Waals surface area contributed by atoms with Crippen LogP contribution >= 0.6 is 24.0 Å². The largest absolute Gasteiger partial charge is 0.385 e. The van der Waals surface area contributed by atoms with Gasteiger partial charge in [-0.25, -0.2) is 0 Å². The summed E-state index contributed by atoms with van der Waals surface area (Å²) < 4.78 is 0. The first-order valence-electron chi connectivity index (χ1n) is 6.61. The molecule has 0 amide bonds. The minimum Gasteiger partial charge on any atom is -0.385 e. The summed E-state index contributed by atoms with van der Waals surface area (Å²) in [5.41, 5.74) is 7.04. The molecule has 0 fully saturated rings. The number of anilines is 1. The highest BCUT2D eigenvalue weighted by atomic mass is 127. The van der Waals surface area contributed by atoms with E-state index in [1.54, 1.807) is 0 Å². The fourth-order valence-electron chi connectivity index (χ4n) is 1.71. The lowest BCUT2D eigenvalue weighted by molar-refractivity contribution is 0.458. The van der Waals surface area contributed by atoms with Gasteiger partial charge in [-0.05, 0) is 32.4 Å². The van der Waals surface area contributed by atoms with Crippen molar-refractivity contribution in [1.29, 1.82) is 0 Å². The van der Waals surface area contributed by atoms with E-state index < -0.39 is 0 Å². The third-order valence-corrected chi connectivity index (χ3v) is 2.80. The topological polar surface area (TPSA) is 53.6 Å². The molecule has 3 N–H and O–H groups in total. The Balaban J connectivity index is 0.00000324. The zero-order valence-electron chi connectivity index (χ0n) is 11.8. The number of hydrogen-bond donors (Lipinski definition) is 2. The van der Waals surface area contributed by atoms with E-state index in [1.165, 1.54) is 0 Å². The molecular weight excluding hydrogens is 351 g/mol. The predicted octanol–water partition coefficient (Wildman–Crippen LogP) is 2.76. The molecule has 5 heteroatoms. The van der Waals surface area contributed by atoms with Crippen LogP contribution in [0.1, 0.15) is 20.3 Å². The van der Waals surface area contributed by atoms with Crippen LogP contribution in [0.25, 0.3) is 0 Å². The molecule has 1 rings (SSSR count). The van der Waals surface area contributed by atoms with Crippen molar-refractivity contribution < 1.29 is 0 Å². The van der Waals surface area contributed by atoms with Crippen LogP contribution in [0.5, 0.6) is 0 Å². The van der Waals surface area contributed by atoms with Gasteiger partial charge in [0.05, 0.1) is 0 Å². The molecule has 4 nitrogen and oxygen atoms in total. The van der Waals surface area contributed by atoms with Gasteiger partial charge in [0.15, 0.2) is 5.96 Å². The summed E-state index contributed by atoms with van der Waals surface area (Å²) in [6.07, 6.45) is 0.983. The second kappa shape index (κ2) is 10.9. The third-order valence-electron chi connectivity index (χ3n) is 2.80. The van der Waals surface area contributed by atoms with E-state index in [-0.39, 0.29) is 24.0 Å². The minimum atomic E-state index is 0. The van der Waals surface area contributed by atoms with E-state index >= 15 is 0 Å². The lowest BCUT2D eigenvalue weighted by Gasteiger charge is -2.19. The lowest BCUT2D eigenvalue weighted by Crippen LogP contribution is -2.37. The molecule has 0 aliphatic rings. The summed E-state index contributed by atoms with van der Waals surface area (Å²) in [4.78, 5) is 6.44. The van der Waals surface area contributed by atoms with E-state index in [0.717, 1.165) is 38.3 Å². The number of hydrogen-bond acceptors (Lipinski definition) is 2. The summed E-state index contributed by atoms with van der Waals surface area (Å²) in [7, 11) is 0. The van der Waals surface area contributed by atoms with Crippen LogP contribution in [0.4, 0.5) is 5.69 Å². The number of nitrogens with zero attached hydrogens (tertiary/aromatic N) is 2. The highest BCUT2D eigenvalue weighted by molar-refractivity contribution is 14.0. The Labute approximate surface area is 133 Å². The predicted molar refractivity (Wildman–Crippen MR) is 94.4 cm³/mol. The quantitative estimate of drug-likeness (QED) is 0.333. The molecule has 0 radical (unpaired) electrons. The molecule has 0 spiro atoms. The Bertz CT molecular complexity index is 350. The minimum absolute atomic E-state index is 0. The Morgan fingerprint density at radius 3 is 2.42 bits per heavy atom. The van der Waals surface area contributed by atoms with Gasteiger partial charge < -0.3 is 16.0 Å². The molecule has 108 valence electrons. The van der Waals surface area contributed by atoms with Gasteiger partial charge in [0, 0.05) is 31.9 Å². The van der Waals surface area contributed by atoms with Gasteiger partial charge in [-0.1, -0.05) is 18.2 Å². The molecule has 1 aromatic carbocycles. The van der Waals surface area contributed by atoms with E-state index in [2.05, 4.69) is 41.2 Å². The van der Waals surface area contributed by atoms with Crippen LogP contribution in [0.2, 0.25) is 0 Å². The number of halogens is 1. The fourth-order valence-corrected chi connectivity index (χ4v) is 1.71. The SMILES string of the molecule is CCN(CC)C(N)=NCCCNc1ccccc1.I. The molecule has 0 aromatic heterocycles. The zero-order valence-corrected chi connectivity index (χ0v) is 14.1. The molecule has 19 heavy (non-hydrogen) atoms. The number of para-hydroxylation sites is 1. The van der Waals surface area contributed by atoms with Crippen molar-refractivity contribution in [2.45, 2.75) is 20.3 Å². The van der Waals surface area contributed by atoms with Gasteiger partial charge in [0.2, 0.25) is 0 Å². The van der Waals surface area contributed by atoms with E-state index in [1.807, 2.05) is 18.2 Å². The van der Waals surface area contributed by atoms with Crippen LogP contribution in [-0.2, 0) is 0 Å². The first-order valence-corrected chi connectivity index (χ1v) is 6.61. The molecule has 0 saturated carbocycles. The lowest BCUT2D eigenvalue weighted by atomic mass is 10.3. The Kier molecular flexibility index (Phi) is 10.3. The van der Waals surface area contributed by atoms with Gasteiger partial charge in [-0.15, -0.1) is 24.0 Å². The fraction of sp³-hybridized carbons (Fsp3) is 0.500. The number of aliphatic imine (C=N–C) groups is 1. The van der Waals surface area contributed by atoms with Crippen LogP contribution in [0.3, 0.4) is 0 Å². The smallest absolute Gasteiger partial charge is 0.191 e. The van der Waals surface area contributed by atoms with Crippen molar-refractivity contribution >= 4 is 35.6 Å².